The van der Waals surface area contributed by atoms with Crippen molar-refractivity contribution in [1.82, 2.24) is 51.3 Å². The standard InChI is InChI=1S/C72H102N14O14S/c1-16-44(10)62(53(98-14)39-58(89)86-34-23-27-52(86)63(99-15)45(11)64(90)78-51(69-74-33-35-101-69)36-46-24-20-19-21-25-46)84(12)70(95)60(42(6)7)83-68(94)61(43(8)9)85(13)72(97)100-40-47-28-30-49(31-29-47)76-66(92)50(26-22-32-75-71(73)96)77-67(93)59(41(4)5)82-65(91)48-37-54(80-56(87)17-2)79-55(38-48)81-57(88)18-3/h17-21,24-25,28-31,33,35,37-38,41-45,50-53,59-63H,2-3,16,22-23,26-27,32,34,36,39-40H2,1,4-15H3,(H,76,92)(H,77,93)(H,78,90)(H,82,91)(H,83,94)(H3,73,75,96)(H2,79,80,81,87,88)/t44-,45+,50-,51-,52-,53+,59-,60-,61-,62-,63+/m0/s1. The number of amides is 12. The summed E-state index contributed by atoms with van der Waals surface area (Å²) in [5.41, 5.74) is 7.00. The summed E-state index contributed by atoms with van der Waals surface area (Å²) in [4.78, 5) is 163. The van der Waals surface area contributed by atoms with Gasteiger partial charge in [0, 0.05) is 64.2 Å². The molecule has 0 bridgehead atoms. The third kappa shape index (κ3) is 24.0. The van der Waals surface area contributed by atoms with Gasteiger partial charge in [0.05, 0.1) is 42.7 Å². The van der Waals surface area contributed by atoms with Crippen molar-refractivity contribution in [1.29, 1.82) is 0 Å². The number of carbonyl (C=O) groups excluding carboxylic acids is 11. The summed E-state index contributed by atoms with van der Waals surface area (Å²) in [7, 11) is 6.12. The van der Waals surface area contributed by atoms with Crippen LogP contribution < -0.4 is 48.3 Å². The zero-order valence-corrected chi connectivity index (χ0v) is 61.0. The number of hydrogen-bond donors (Lipinski definition) is 9. The van der Waals surface area contributed by atoms with E-state index in [4.69, 9.17) is 19.9 Å². The smallest absolute Gasteiger partial charge is 0.410 e. The average Bonchev–Trinajstić information content (AvgIpc) is 1.80. The van der Waals surface area contributed by atoms with E-state index in [0.29, 0.717) is 37.8 Å². The molecule has 2 aromatic heterocycles. The molecule has 0 radical (unpaired) electrons. The van der Waals surface area contributed by atoms with Gasteiger partial charge >= 0.3 is 12.1 Å². The van der Waals surface area contributed by atoms with E-state index in [9.17, 15) is 52.7 Å². The molecular formula is C72H102N14O14S. The second-order valence-electron chi connectivity index (χ2n) is 26.2. The normalized spacial score (nSPS) is 15.7. The van der Waals surface area contributed by atoms with Gasteiger partial charge in [0.1, 0.15) is 47.4 Å². The molecule has 28 nitrogen and oxygen atoms in total. The van der Waals surface area contributed by atoms with Crippen LogP contribution in [-0.2, 0) is 65.6 Å². The number of urea groups is 1. The van der Waals surface area contributed by atoms with Gasteiger partial charge in [-0.25, -0.2) is 19.6 Å². The number of methoxy groups -OCH3 is 2. The van der Waals surface area contributed by atoms with Crippen molar-refractivity contribution < 1.29 is 67.0 Å². The van der Waals surface area contributed by atoms with Crippen LogP contribution in [0.15, 0.2) is 104 Å². The number of primary amides is 1. The second kappa shape index (κ2) is 40.0. The van der Waals surface area contributed by atoms with Crippen molar-refractivity contribution in [2.75, 3.05) is 57.4 Å². The largest absolute Gasteiger partial charge is 0.445 e. The number of benzene rings is 2. The highest BCUT2D eigenvalue weighted by atomic mass is 32.1. The molecule has 0 aliphatic carbocycles. The van der Waals surface area contributed by atoms with E-state index in [0.717, 1.165) is 22.7 Å². The summed E-state index contributed by atoms with van der Waals surface area (Å²) in [6.45, 7) is 23.3. The van der Waals surface area contributed by atoms with Crippen LogP contribution in [0.2, 0.25) is 0 Å². The van der Waals surface area contributed by atoms with E-state index in [1.165, 1.54) is 42.5 Å². The van der Waals surface area contributed by atoms with Crippen molar-refractivity contribution in [2.45, 2.75) is 168 Å². The summed E-state index contributed by atoms with van der Waals surface area (Å²) >= 11 is 1.46. The molecule has 101 heavy (non-hydrogen) atoms. The molecule has 1 fully saturated rings. The molecule has 3 heterocycles. The van der Waals surface area contributed by atoms with E-state index >= 15 is 0 Å². The number of likely N-dealkylation sites (N-methyl/N-ethyl adjacent to an activating group) is 2. The lowest BCUT2D eigenvalue weighted by Gasteiger charge is -2.41. The van der Waals surface area contributed by atoms with Gasteiger partial charge in [-0.3, -0.25) is 48.1 Å². The number of aromatic nitrogens is 2. The first kappa shape index (κ1) is 82.1. The summed E-state index contributed by atoms with van der Waals surface area (Å²) in [6, 6.07) is 11.7. The number of likely N-dealkylation sites (tertiary alicyclic amines) is 1. The minimum atomic E-state index is -1.23. The van der Waals surface area contributed by atoms with Crippen molar-refractivity contribution in [2.24, 2.45) is 35.3 Å². The molecule has 550 valence electrons. The highest BCUT2D eigenvalue weighted by Crippen LogP contribution is 2.31. The fourth-order valence-corrected chi connectivity index (χ4v) is 12.9. The summed E-state index contributed by atoms with van der Waals surface area (Å²) in [5, 5.41) is 24.3. The molecule has 4 aromatic rings. The Kier molecular flexibility index (Phi) is 32.5. The number of anilines is 3. The van der Waals surface area contributed by atoms with E-state index in [1.807, 2.05) is 56.5 Å². The van der Waals surface area contributed by atoms with Crippen molar-refractivity contribution in [3.8, 4) is 0 Å². The van der Waals surface area contributed by atoms with Crippen LogP contribution in [-0.4, -0.2) is 180 Å². The molecule has 29 heteroatoms. The maximum Gasteiger partial charge on any atom is 0.410 e. The Morgan fingerprint density at radius 1 is 0.733 bits per heavy atom. The number of nitrogens with two attached hydrogens (primary N) is 1. The molecule has 0 unspecified atom stereocenters. The monoisotopic (exact) mass is 1420 g/mol. The van der Waals surface area contributed by atoms with Crippen molar-refractivity contribution in [3.63, 3.8) is 0 Å². The van der Waals surface area contributed by atoms with Gasteiger partial charge in [0.25, 0.3) is 5.91 Å². The van der Waals surface area contributed by atoms with E-state index < -0.39 is 126 Å². The minimum Gasteiger partial charge on any atom is -0.445 e. The van der Waals surface area contributed by atoms with Crippen LogP contribution in [0.1, 0.15) is 133 Å². The number of nitrogens with one attached hydrogen (secondary N) is 8. The van der Waals surface area contributed by atoms with Crippen molar-refractivity contribution in [3.05, 3.63) is 125 Å². The number of thiazole rings is 1. The molecule has 1 aliphatic heterocycles. The molecular weight excluding hydrogens is 1320 g/mol. The molecule has 5 rings (SSSR count). The third-order valence-corrected chi connectivity index (χ3v) is 18.7. The highest BCUT2D eigenvalue weighted by Gasteiger charge is 2.44. The first-order valence-corrected chi connectivity index (χ1v) is 34.8. The number of nitrogens with zero attached hydrogens (tertiary/aromatic N) is 5. The van der Waals surface area contributed by atoms with Gasteiger partial charge in [0.15, 0.2) is 0 Å². The summed E-state index contributed by atoms with van der Waals surface area (Å²) in [6.07, 6.45) is 3.98. The Morgan fingerprint density at radius 3 is 1.91 bits per heavy atom. The number of carbonyl (C=O) groups is 11. The molecule has 10 N–H and O–H groups in total. The molecule has 11 atom stereocenters. The van der Waals surface area contributed by atoms with Gasteiger partial charge < -0.3 is 72.3 Å². The molecule has 1 saturated heterocycles. The summed E-state index contributed by atoms with van der Waals surface area (Å²) in [5.74, 6) is -7.45. The maximum absolute atomic E-state index is 14.9. The van der Waals surface area contributed by atoms with Crippen LogP contribution in [0, 0.1) is 29.6 Å². The van der Waals surface area contributed by atoms with Crippen LogP contribution in [0.5, 0.6) is 0 Å². The molecule has 2 aromatic carbocycles. The predicted molar refractivity (Wildman–Crippen MR) is 384 cm³/mol. The first-order valence-electron chi connectivity index (χ1n) is 34.0. The van der Waals surface area contributed by atoms with Crippen LogP contribution in [0.4, 0.5) is 26.9 Å². The Hall–Kier alpha value is -9.61. The van der Waals surface area contributed by atoms with Crippen LogP contribution in [0.25, 0.3) is 0 Å². The zero-order valence-electron chi connectivity index (χ0n) is 60.2. The van der Waals surface area contributed by atoms with Gasteiger partial charge in [-0.2, -0.15) is 0 Å². The van der Waals surface area contributed by atoms with E-state index in [1.54, 1.807) is 96.0 Å². The Balaban J connectivity index is 1.22. The van der Waals surface area contributed by atoms with Gasteiger partial charge in [-0.05, 0) is 103 Å². The average molecular weight is 1420 g/mol. The third-order valence-electron chi connectivity index (χ3n) is 17.8. The Morgan fingerprint density at radius 2 is 1.37 bits per heavy atom. The lowest BCUT2D eigenvalue weighted by molar-refractivity contribution is -0.148. The van der Waals surface area contributed by atoms with E-state index in [-0.39, 0.29) is 79.1 Å². The van der Waals surface area contributed by atoms with Gasteiger partial charge in [-0.15, -0.1) is 11.3 Å². The summed E-state index contributed by atoms with van der Waals surface area (Å²) < 4.78 is 17.9. The fraction of sp³-hybridized carbons (Fsp3) is 0.514. The van der Waals surface area contributed by atoms with Crippen LogP contribution >= 0.6 is 11.3 Å². The number of rotatable bonds is 38. The van der Waals surface area contributed by atoms with Crippen LogP contribution in [0.3, 0.4) is 0 Å². The number of ether oxygens (including phenoxy) is 3. The highest BCUT2D eigenvalue weighted by molar-refractivity contribution is 7.09. The predicted octanol–water partition coefficient (Wildman–Crippen LogP) is 6.87. The first-order chi connectivity index (χ1) is 48.0. The van der Waals surface area contributed by atoms with Gasteiger partial charge in [-0.1, -0.05) is 124 Å². The van der Waals surface area contributed by atoms with Gasteiger partial charge in [0.2, 0.25) is 47.3 Å². The number of pyridine rings is 1. The lowest BCUT2D eigenvalue weighted by atomic mass is 9.89. The zero-order chi connectivity index (χ0) is 74.8. The molecule has 0 spiro atoms. The Bertz CT molecular complexity index is 3440. The minimum absolute atomic E-state index is 0.00823. The molecule has 0 saturated carbocycles. The maximum atomic E-state index is 14.9. The molecule has 1 aliphatic rings. The number of hydrogen-bond acceptors (Lipinski definition) is 17. The SMILES string of the molecule is C=CC(=O)Nc1cc(C(=O)N[C@H](C(=O)N[C@@H](CCCNC(N)=O)C(=O)Nc2ccc(COC(=O)N(C)[C@H](C(=O)N[C@H](C(=O)N(C)[C@@H]([C@@H](C)CC)[C@@H](CC(=O)N3CCC[C@H]3[C@H](OC)[C@@H](C)C(=O)N[C@@H](Cc3ccccc3)c3nccs3)OC)C(C)C)C(C)C)cc2)C(C)C)cc(NC(=O)C=C)n1. The van der Waals surface area contributed by atoms with E-state index in [2.05, 4.69) is 65.7 Å². The lowest BCUT2D eigenvalue weighted by Crippen LogP contribution is -2.60. The fourth-order valence-electron chi connectivity index (χ4n) is 12.2. The Labute approximate surface area is 595 Å². The van der Waals surface area contributed by atoms with Crippen molar-refractivity contribution >= 4 is 93.9 Å². The topological polar surface area (TPSA) is 373 Å². The molecule has 12 amide bonds. The second-order valence-corrected chi connectivity index (χ2v) is 27.1. The quantitative estimate of drug-likeness (QED) is 0.0163.